The monoisotopic (exact) mass is 276 g/mol. The van der Waals surface area contributed by atoms with E-state index in [-0.39, 0.29) is 23.8 Å². The first-order valence-electron chi connectivity index (χ1n) is 7.44. The molecule has 0 spiro atoms. The summed E-state index contributed by atoms with van der Waals surface area (Å²) in [4.78, 5) is 12.4. The van der Waals surface area contributed by atoms with Crippen LogP contribution in [0.1, 0.15) is 37.8 Å². The van der Waals surface area contributed by atoms with Gasteiger partial charge in [-0.05, 0) is 55.8 Å². The van der Waals surface area contributed by atoms with Gasteiger partial charge in [0.2, 0.25) is 5.91 Å². The molecule has 0 radical (unpaired) electrons. The Labute approximate surface area is 118 Å². The van der Waals surface area contributed by atoms with Crippen LogP contribution in [0.2, 0.25) is 0 Å². The molecule has 1 aliphatic heterocycles. The Morgan fingerprint density at radius 1 is 1.45 bits per heavy atom. The fourth-order valence-electron chi connectivity index (χ4n) is 3.64. The van der Waals surface area contributed by atoms with Crippen molar-refractivity contribution in [2.75, 3.05) is 6.54 Å². The first-order chi connectivity index (χ1) is 9.65. The van der Waals surface area contributed by atoms with Crippen molar-refractivity contribution in [3.63, 3.8) is 0 Å². The summed E-state index contributed by atoms with van der Waals surface area (Å²) in [6.07, 6.45) is 3.62. The van der Waals surface area contributed by atoms with Crippen molar-refractivity contribution in [1.82, 2.24) is 10.6 Å². The predicted molar refractivity (Wildman–Crippen MR) is 75.6 cm³/mol. The number of hydrogen-bond donors (Lipinski definition) is 2. The Morgan fingerprint density at radius 3 is 3.10 bits per heavy atom. The first-order valence-corrected chi connectivity index (χ1v) is 7.44. The molecule has 3 nitrogen and oxygen atoms in total. The van der Waals surface area contributed by atoms with Crippen LogP contribution in [0, 0.1) is 17.7 Å². The molecule has 1 aliphatic carbocycles. The van der Waals surface area contributed by atoms with E-state index in [2.05, 4.69) is 10.6 Å². The van der Waals surface area contributed by atoms with E-state index in [0.717, 1.165) is 18.5 Å². The van der Waals surface area contributed by atoms with Crippen LogP contribution in [-0.4, -0.2) is 18.5 Å². The molecule has 4 atom stereocenters. The molecule has 2 fully saturated rings. The lowest BCUT2D eigenvalue weighted by molar-refractivity contribution is -0.124. The van der Waals surface area contributed by atoms with Crippen LogP contribution in [0.3, 0.4) is 0 Å². The quantitative estimate of drug-likeness (QED) is 0.890. The number of amides is 1. The van der Waals surface area contributed by atoms with Gasteiger partial charge in [-0.25, -0.2) is 4.39 Å². The van der Waals surface area contributed by atoms with E-state index in [9.17, 15) is 9.18 Å². The summed E-state index contributed by atoms with van der Waals surface area (Å²) in [5.74, 6) is 0.930. The van der Waals surface area contributed by atoms with Crippen LogP contribution in [0.15, 0.2) is 24.3 Å². The van der Waals surface area contributed by atoms with Crippen LogP contribution in [-0.2, 0) is 4.79 Å². The number of nitrogens with one attached hydrogen (secondary N) is 2. The maximum absolute atomic E-state index is 13.2. The molecule has 1 saturated carbocycles. The zero-order valence-electron chi connectivity index (χ0n) is 11.7. The number of benzene rings is 1. The third-order valence-electron chi connectivity index (χ3n) is 4.74. The molecule has 2 N–H and O–H groups in total. The number of carbonyl (C=O) groups excluding carboxylic acids is 1. The smallest absolute Gasteiger partial charge is 0.237 e. The maximum Gasteiger partial charge on any atom is 0.237 e. The molecule has 0 aromatic heterocycles. The molecule has 3 rings (SSSR count). The maximum atomic E-state index is 13.2. The van der Waals surface area contributed by atoms with Gasteiger partial charge in [-0.2, -0.15) is 0 Å². The summed E-state index contributed by atoms with van der Waals surface area (Å²) < 4.78 is 13.2. The number of fused-ring (bicyclic) bond motifs is 1. The predicted octanol–water partition coefficient (Wildman–Crippen LogP) is 2.39. The molecule has 2 aliphatic rings. The van der Waals surface area contributed by atoms with Gasteiger partial charge in [0.25, 0.3) is 0 Å². The molecule has 1 aromatic rings. The van der Waals surface area contributed by atoms with Crippen molar-refractivity contribution in [3.8, 4) is 0 Å². The fourth-order valence-corrected chi connectivity index (χ4v) is 3.64. The Morgan fingerprint density at radius 2 is 2.30 bits per heavy atom. The second-order valence-electron chi connectivity index (χ2n) is 6.03. The van der Waals surface area contributed by atoms with E-state index in [0.29, 0.717) is 11.8 Å². The van der Waals surface area contributed by atoms with Crippen LogP contribution < -0.4 is 10.6 Å². The van der Waals surface area contributed by atoms with Crippen LogP contribution in [0.4, 0.5) is 4.39 Å². The molecular weight excluding hydrogens is 255 g/mol. The minimum absolute atomic E-state index is 0.0520. The van der Waals surface area contributed by atoms with E-state index in [1.54, 1.807) is 6.07 Å². The van der Waals surface area contributed by atoms with Crippen molar-refractivity contribution in [2.45, 2.75) is 38.3 Å². The van der Waals surface area contributed by atoms with Crippen molar-refractivity contribution < 1.29 is 9.18 Å². The summed E-state index contributed by atoms with van der Waals surface area (Å²) >= 11 is 0. The molecule has 3 unspecified atom stereocenters. The Kier molecular flexibility index (Phi) is 3.74. The molecule has 108 valence electrons. The van der Waals surface area contributed by atoms with E-state index in [4.69, 9.17) is 0 Å². The van der Waals surface area contributed by atoms with Gasteiger partial charge in [0.1, 0.15) is 5.82 Å². The minimum Gasteiger partial charge on any atom is -0.348 e. The highest BCUT2D eigenvalue weighted by Gasteiger charge is 2.42. The van der Waals surface area contributed by atoms with Crippen molar-refractivity contribution in [2.24, 2.45) is 11.8 Å². The van der Waals surface area contributed by atoms with Crippen LogP contribution in [0.25, 0.3) is 0 Å². The molecule has 1 saturated heterocycles. The lowest BCUT2D eigenvalue weighted by Crippen LogP contribution is -2.44. The number of halogens is 1. The van der Waals surface area contributed by atoms with E-state index >= 15 is 0 Å². The summed E-state index contributed by atoms with van der Waals surface area (Å²) in [7, 11) is 0. The average molecular weight is 276 g/mol. The fraction of sp³-hybridized carbons (Fsp3) is 0.562. The average Bonchev–Trinajstić information content (AvgIpc) is 3.00. The van der Waals surface area contributed by atoms with Gasteiger partial charge < -0.3 is 10.6 Å². The molecule has 1 heterocycles. The third kappa shape index (κ3) is 2.57. The highest BCUT2D eigenvalue weighted by atomic mass is 19.1. The Hall–Kier alpha value is -1.42. The van der Waals surface area contributed by atoms with Gasteiger partial charge in [-0.1, -0.05) is 18.6 Å². The third-order valence-corrected chi connectivity index (χ3v) is 4.74. The van der Waals surface area contributed by atoms with E-state index in [1.165, 1.54) is 25.0 Å². The lowest BCUT2D eigenvalue weighted by Gasteiger charge is -2.21. The number of rotatable bonds is 3. The van der Waals surface area contributed by atoms with E-state index in [1.807, 2.05) is 13.0 Å². The topological polar surface area (TPSA) is 41.1 Å². The molecule has 0 bridgehead atoms. The van der Waals surface area contributed by atoms with Gasteiger partial charge in [-0.3, -0.25) is 4.79 Å². The standard InChI is InChI=1S/C16H21FN2O/c1-10(11-4-2-6-13(17)8-11)19-16(20)15-14-7-3-5-12(14)9-18-15/h2,4,6,8,10,12,14-15,18H,3,5,7,9H2,1H3,(H,19,20)/t10-,12?,14?,15?/m0/s1. The first kappa shape index (κ1) is 13.6. The van der Waals surface area contributed by atoms with Crippen LogP contribution >= 0.6 is 0 Å². The van der Waals surface area contributed by atoms with E-state index < -0.39 is 0 Å². The zero-order valence-corrected chi connectivity index (χ0v) is 11.7. The molecule has 20 heavy (non-hydrogen) atoms. The summed E-state index contributed by atoms with van der Waals surface area (Å²) in [6, 6.07) is 6.17. The summed E-state index contributed by atoms with van der Waals surface area (Å²) in [5, 5.41) is 6.35. The van der Waals surface area contributed by atoms with Gasteiger partial charge in [0.15, 0.2) is 0 Å². The van der Waals surface area contributed by atoms with Crippen molar-refractivity contribution >= 4 is 5.91 Å². The summed E-state index contributed by atoms with van der Waals surface area (Å²) in [5.41, 5.74) is 0.805. The normalized spacial score (nSPS) is 30.0. The summed E-state index contributed by atoms with van der Waals surface area (Å²) in [6.45, 7) is 2.85. The minimum atomic E-state index is -0.265. The highest BCUT2D eigenvalue weighted by Crippen LogP contribution is 2.37. The van der Waals surface area contributed by atoms with Crippen LogP contribution in [0.5, 0.6) is 0 Å². The van der Waals surface area contributed by atoms with Gasteiger partial charge in [-0.15, -0.1) is 0 Å². The molecular formula is C16H21FN2O. The van der Waals surface area contributed by atoms with Gasteiger partial charge in [0.05, 0.1) is 12.1 Å². The second kappa shape index (κ2) is 5.52. The Bertz CT molecular complexity index is 505. The molecule has 1 amide bonds. The highest BCUT2D eigenvalue weighted by molar-refractivity contribution is 5.83. The van der Waals surface area contributed by atoms with Gasteiger partial charge >= 0.3 is 0 Å². The second-order valence-corrected chi connectivity index (χ2v) is 6.03. The molecule has 1 aromatic carbocycles. The molecule has 4 heteroatoms. The number of hydrogen-bond acceptors (Lipinski definition) is 2. The van der Waals surface area contributed by atoms with Crippen molar-refractivity contribution in [3.05, 3.63) is 35.6 Å². The zero-order chi connectivity index (χ0) is 14.1. The largest absolute Gasteiger partial charge is 0.348 e. The number of carbonyl (C=O) groups is 1. The van der Waals surface area contributed by atoms with Crippen molar-refractivity contribution in [1.29, 1.82) is 0 Å². The van der Waals surface area contributed by atoms with Gasteiger partial charge in [0, 0.05) is 0 Å². The SMILES string of the molecule is C[C@H](NC(=O)C1NCC2CCCC21)c1cccc(F)c1. The lowest BCUT2D eigenvalue weighted by atomic mass is 9.93. The Balaban J connectivity index is 1.64.